The summed E-state index contributed by atoms with van der Waals surface area (Å²) in [6.07, 6.45) is 12.3. The van der Waals surface area contributed by atoms with Crippen LogP contribution in [0.25, 0.3) is 0 Å². The number of hydrogen-bond acceptors (Lipinski definition) is 1. The molecular weight excluding hydrogens is 146 g/mol. The van der Waals surface area contributed by atoms with Gasteiger partial charge >= 0.3 is 0 Å². The minimum Gasteiger partial charge on any atom is -0.330 e. The van der Waals surface area contributed by atoms with Gasteiger partial charge in [-0.15, -0.1) is 0 Å². The first-order valence-corrected chi connectivity index (χ1v) is 4.57. The third-order valence-corrected chi connectivity index (χ3v) is 1.98. The quantitative estimate of drug-likeness (QED) is 0.680. The van der Waals surface area contributed by atoms with Gasteiger partial charge in [-0.2, -0.15) is 0 Å². The molecule has 1 nitrogen and oxygen atoms in total. The number of rotatable bonds is 3. The largest absolute Gasteiger partial charge is 0.330 e. The molecule has 2 N–H and O–H groups in total. The molecule has 0 aliphatic heterocycles. The van der Waals surface area contributed by atoms with E-state index in [1.165, 1.54) is 24.0 Å². The summed E-state index contributed by atoms with van der Waals surface area (Å²) in [5, 5.41) is 0. The summed E-state index contributed by atoms with van der Waals surface area (Å²) < 4.78 is 0. The predicted octanol–water partition coefficient (Wildman–Crippen LogP) is 2.56. The number of hydrogen-bond donors (Lipinski definition) is 1. The van der Waals surface area contributed by atoms with Gasteiger partial charge in [-0.3, -0.25) is 0 Å². The molecule has 12 heavy (non-hydrogen) atoms. The standard InChI is InChI=1S/C11H17N/c1-10(7-8-12)9-11-5-3-2-4-6-11/h3,5-6,9H,2,4,7-8,12H2,1H3/b10-9+. The molecule has 0 heterocycles. The molecule has 0 amide bonds. The molecule has 0 aromatic rings. The highest BCUT2D eigenvalue weighted by Crippen LogP contribution is 2.13. The summed E-state index contributed by atoms with van der Waals surface area (Å²) in [6, 6.07) is 0. The predicted molar refractivity (Wildman–Crippen MR) is 53.9 cm³/mol. The van der Waals surface area contributed by atoms with Gasteiger partial charge in [0, 0.05) is 0 Å². The van der Waals surface area contributed by atoms with Crippen LogP contribution >= 0.6 is 0 Å². The Morgan fingerprint density at radius 1 is 1.58 bits per heavy atom. The van der Waals surface area contributed by atoms with Crippen LogP contribution in [0, 0.1) is 0 Å². The van der Waals surface area contributed by atoms with Gasteiger partial charge in [0.2, 0.25) is 0 Å². The Morgan fingerprint density at radius 2 is 2.42 bits per heavy atom. The summed E-state index contributed by atoms with van der Waals surface area (Å²) in [4.78, 5) is 0. The van der Waals surface area contributed by atoms with Gasteiger partial charge in [-0.25, -0.2) is 0 Å². The fourth-order valence-corrected chi connectivity index (χ4v) is 1.33. The third-order valence-electron chi connectivity index (χ3n) is 1.98. The van der Waals surface area contributed by atoms with Crippen LogP contribution in [0.5, 0.6) is 0 Å². The van der Waals surface area contributed by atoms with Crippen LogP contribution < -0.4 is 5.73 Å². The van der Waals surface area contributed by atoms with Crippen LogP contribution in [0.1, 0.15) is 26.2 Å². The van der Waals surface area contributed by atoms with E-state index in [0.717, 1.165) is 13.0 Å². The molecule has 1 aliphatic carbocycles. The first-order valence-electron chi connectivity index (χ1n) is 4.57. The summed E-state index contributed by atoms with van der Waals surface area (Å²) in [5.74, 6) is 0. The van der Waals surface area contributed by atoms with Crippen LogP contribution in [0.4, 0.5) is 0 Å². The molecule has 0 unspecified atom stereocenters. The topological polar surface area (TPSA) is 26.0 Å². The van der Waals surface area contributed by atoms with E-state index in [1.807, 2.05) is 0 Å². The molecular formula is C11H17N. The molecule has 0 aromatic heterocycles. The molecule has 0 aromatic carbocycles. The molecule has 1 heteroatoms. The van der Waals surface area contributed by atoms with Crippen LogP contribution in [0.3, 0.4) is 0 Å². The highest BCUT2D eigenvalue weighted by Gasteiger charge is 1.94. The van der Waals surface area contributed by atoms with Crippen molar-refractivity contribution in [3.63, 3.8) is 0 Å². The van der Waals surface area contributed by atoms with Crippen molar-refractivity contribution < 1.29 is 0 Å². The lowest BCUT2D eigenvalue weighted by Gasteiger charge is -2.03. The van der Waals surface area contributed by atoms with Gasteiger partial charge in [-0.1, -0.05) is 29.9 Å². The van der Waals surface area contributed by atoms with Gasteiger partial charge < -0.3 is 5.73 Å². The van der Waals surface area contributed by atoms with E-state index in [0.29, 0.717) is 0 Å². The van der Waals surface area contributed by atoms with Crippen LogP contribution in [-0.4, -0.2) is 6.54 Å². The Bertz CT molecular complexity index is 221. The lowest BCUT2D eigenvalue weighted by molar-refractivity contribution is 0.947. The molecule has 0 atom stereocenters. The zero-order valence-electron chi connectivity index (χ0n) is 7.72. The fourth-order valence-electron chi connectivity index (χ4n) is 1.33. The molecule has 1 aliphatic rings. The number of allylic oxidation sites excluding steroid dienone is 5. The monoisotopic (exact) mass is 163 g/mol. The Labute approximate surface area is 74.7 Å². The number of nitrogens with two attached hydrogens (primary N) is 1. The third kappa shape index (κ3) is 3.05. The van der Waals surface area contributed by atoms with E-state index >= 15 is 0 Å². The van der Waals surface area contributed by atoms with E-state index in [-0.39, 0.29) is 0 Å². The van der Waals surface area contributed by atoms with Crippen molar-refractivity contribution in [1.29, 1.82) is 0 Å². The fraction of sp³-hybridized carbons (Fsp3) is 0.455. The van der Waals surface area contributed by atoms with Crippen molar-refractivity contribution in [2.24, 2.45) is 5.73 Å². The van der Waals surface area contributed by atoms with Crippen LogP contribution in [0.2, 0.25) is 0 Å². The lowest BCUT2D eigenvalue weighted by atomic mass is 10.0. The molecule has 0 spiro atoms. The van der Waals surface area contributed by atoms with E-state index in [4.69, 9.17) is 5.73 Å². The van der Waals surface area contributed by atoms with Gasteiger partial charge in [0.25, 0.3) is 0 Å². The van der Waals surface area contributed by atoms with E-state index in [9.17, 15) is 0 Å². The summed E-state index contributed by atoms with van der Waals surface area (Å²) >= 11 is 0. The second-order valence-corrected chi connectivity index (χ2v) is 3.21. The van der Waals surface area contributed by atoms with Crippen molar-refractivity contribution in [3.05, 3.63) is 35.5 Å². The highest BCUT2D eigenvalue weighted by atomic mass is 14.5. The second kappa shape index (κ2) is 4.94. The SMILES string of the molecule is C/C(=C\C1=CCCC=C1)CCN. The van der Waals surface area contributed by atoms with Gasteiger partial charge in [0.05, 0.1) is 0 Å². The average molecular weight is 163 g/mol. The van der Waals surface area contributed by atoms with Crippen molar-refractivity contribution in [2.45, 2.75) is 26.2 Å². The molecule has 0 saturated carbocycles. The van der Waals surface area contributed by atoms with Crippen molar-refractivity contribution in [1.82, 2.24) is 0 Å². The van der Waals surface area contributed by atoms with Crippen molar-refractivity contribution in [3.8, 4) is 0 Å². The summed E-state index contributed by atoms with van der Waals surface area (Å²) in [5.41, 5.74) is 8.17. The van der Waals surface area contributed by atoms with Gasteiger partial charge in [0.1, 0.15) is 0 Å². The van der Waals surface area contributed by atoms with E-state index < -0.39 is 0 Å². The van der Waals surface area contributed by atoms with E-state index in [1.54, 1.807) is 0 Å². The van der Waals surface area contributed by atoms with Crippen molar-refractivity contribution in [2.75, 3.05) is 6.54 Å². The Hall–Kier alpha value is -0.820. The Morgan fingerprint density at radius 3 is 3.00 bits per heavy atom. The molecule has 66 valence electrons. The first-order chi connectivity index (χ1) is 5.83. The highest BCUT2D eigenvalue weighted by molar-refractivity contribution is 5.34. The first kappa shape index (κ1) is 9.27. The lowest BCUT2D eigenvalue weighted by Crippen LogP contribution is -1.98. The molecule has 1 rings (SSSR count). The average Bonchev–Trinajstić information content (AvgIpc) is 2.06. The molecule has 0 radical (unpaired) electrons. The molecule has 0 fully saturated rings. The molecule has 0 bridgehead atoms. The zero-order chi connectivity index (χ0) is 8.81. The minimum absolute atomic E-state index is 0.749. The normalized spacial score (nSPS) is 17.8. The van der Waals surface area contributed by atoms with E-state index in [2.05, 4.69) is 31.2 Å². The Balaban J connectivity index is 2.53. The van der Waals surface area contributed by atoms with Crippen molar-refractivity contribution >= 4 is 0 Å². The maximum absolute atomic E-state index is 5.46. The maximum Gasteiger partial charge on any atom is -0.00399 e. The minimum atomic E-state index is 0.749. The van der Waals surface area contributed by atoms with Crippen LogP contribution in [-0.2, 0) is 0 Å². The van der Waals surface area contributed by atoms with Crippen LogP contribution in [0.15, 0.2) is 35.5 Å². The summed E-state index contributed by atoms with van der Waals surface area (Å²) in [7, 11) is 0. The smallest absolute Gasteiger partial charge is 0.00399 e. The Kier molecular flexibility index (Phi) is 3.81. The zero-order valence-corrected chi connectivity index (χ0v) is 7.72. The van der Waals surface area contributed by atoms with Gasteiger partial charge in [-0.05, 0) is 38.3 Å². The maximum atomic E-state index is 5.46. The van der Waals surface area contributed by atoms with Gasteiger partial charge in [0.15, 0.2) is 0 Å². The summed E-state index contributed by atoms with van der Waals surface area (Å²) in [6.45, 7) is 2.88. The molecule has 0 saturated heterocycles. The second-order valence-electron chi connectivity index (χ2n) is 3.21.